The molecule has 24 heavy (non-hydrogen) atoms. The Morgan fingerprint density at radius 1 is 1.29 bits per heavy atom. The van der Waals surface area contributed by atoms with Crippen LogP contribution in [0.2, 0.25) is 0 Å². The number of rotatable bonds is 4. The second-order valence-corrected chi connectivity index (χ2v) is 6.63. The van der Waals surface area contributed by atoms with Crippen LogP contribution < -0.4 is 15.8 Å². The summed E-state index contributed by atoms with van der Waals surface area (Å²) in [7, 11) is 0. The fraction of sp³-hybridized carbons (Fsp3) is 0.278. The van der Waals surface area contributed by atoms with Crippen molar-refractivity contribution in [1.29, 1.82) is 0 Å². The summed E-state index contributed by atoms with van der Waals surface area (Å²) in [6.07, 6.45) is 3.01. The Morgan fingerprint density at radius 2 is 2.12 bits per heavy atom. The third kappa shape index (κ3) is 4.65. The van der Waals surface area contributed by atoms with E-state index in [4.69, 9.17) is 10.5 Å². The topological polar surface area (TPSA) is 64.3 Å². The number of fused-ring (bicyclic) bond motifs is 1. The van der Waals surface area contributed by atoms with E-state index in [1.54, 1.807) is 0 Å². The quantitative estimate of drug-likeness (QED) is 0.747. The molecule has 128 valence electrons. The summed E-state index contributed by atoms with van der Waals surface area (Å²) in [5.41, 5.74) is 9.01. The molecule has 2 aromatic carbocycles. The molecular formula is C18H20BrClN2O2. The number of carbonyl (C=O) groups excluding carboxylic acids is 1. The summed E-state index contributed by atoms with van der Waals surface area (Å²) < 4.78 is 6.46. The van der Waals surface area contributed by atoms with Gasteiger partial charge in [0.1, 0.15) is 5.75 Å². The number of nitrogens with one attached hydrogen (secondary N) is 1. The summed E-state index contributed by atoms with van der Waals surface area (Å²) in [6.45, 7) is 0.0112. The Labute approximate surface area is 156 Å². The average Bonchev–Trinajstić information content (AvgIpc) is 2.53. The van der Waals surface area contributed by atoms with Crippen molar-refractivity contribution in [2.24, 2.45) is 0 Å². The van der Waals surface area contributed by atoms with E-state index in [0.29, 0.717) is 5.75 Å². The van der Waals surface area contributed by atoms with Gasteiger partial charge in [0.25, 0.3) is 5.91 Å². The molecule has 3 N–H and O–H groups in total. The zero-order valence-electron chi connectivity index (χ0n) is 13.1. The minimum Gasteiger partial charge on any atom is -0.484 e. The molecule has 0 radical (unpaired) electrons. The number of anilines is 1. The molecule has 0 saturated carbocycles. The number of amides is 1. The van der Waals surface area contributed by atoms with Gasteiger partial charge in [0, 0.05) is 10.2 Å². The van der Waals surface area contributed by atoms with E-state index in [9.17, 15) is 4.79 Å². The van der Waals surface area contributed by atoms with Crippen LogP contribution >= 0.6 is 28.3 Å². The molecule has 0 aliphatic heterocycles. The van der Waals surface area contributed by atoms with Crippen LogP contribution in [0, 0.1) is 0 Å². The molecule has 0 bridgehead atoms. The van der Waals surface area contributed by atoms with E-state index in [1.165, 1.54) is 11.1 Å². The van der Waals surface area contributed by atoms with Crippen molar-refractivity contribution in [3.05, 3.63) is 58.1 Å². The second kappa shape index (κ2) is 8.40. The molecule has 0 aromatic heterocycles. The number of nitrogen functional groups attached to an aromatic ring is 1. The van der Waals surface area contributed by atoms with Crippen molar-refractivity contribution in [2.45, 2.75) is 25.3 Å². The van der Waals surface area contributed by atoms with E-state index in [0.717, 1.165) is 29.4 Å². The van der Waals surface area contributed by atoms with Crippen molar-refractivity contribution in [1.82, 2.24) is 5.32 Å². The van der Waals surface area contributed by atoms with Crippen molar-refractivity contribution >= 4 is 39.9 Å². The third-order valence-electron chi connectivity index (χ3n) is 3.98. The van der Waals surface area contributed by atoms with E-state index < -0.39 is 0 Å². The maximum absolute atomic E-state index is 12.2. The standard InChI is InChI=1S/C18H19BrN2O2.ClH/c19-13-4-2-5-15(10-13)23-11-18(22)21-17-6-1-3-12-9-14(20)7-8-16(12)17;/h2,4-5,7-10,17H,1,3,6,11,20H2,(H,21,22);1H. The normalized spacial score (nSPS) is 15.8. The Balaban J connectivity index is 0.00000208. The lowest BCUT2D eigenvalue weighted by molar-refractivity contribution is -0.123. The molecular weight excluding hydrogens is 392 g/mol. The van der Waals surface area contributed by atoms with Crippen molar-refractivity contribution in [2.75, 3.05) is 12.3 Å². The van der Waals surface area contributed by atoms with Gasteiger partial charge in [-0.15, -0.1) is 12.4 Å². The first kappa shape index (κ1) is 18.6. The summed E-state index contributed by atoms with van der Waals surface area (Å²) in [5.74, 6) is 0.561. The number of hydrogen-bond acceptors (Lipinski definition) is 3. The third-order valence-corrected chi connectivity index (χ3v) is 4.48. The number of aryl methyl sites for hydroxylation is 1. The van der Waals surface area contributed by atoms with Gasteiger partial charge >= 0.3 is 0 Å². The van der Waals surface area contributed by atoms with Crippen LogP contribution in [0.4, 0.5) is 5.69 Å². The molecule has 1 amide bonds. The molecule has 6 heteroatoms. The summed E-state index contributed by atoms with van der Waals surface area (Å²) in [5, 5.41) is 3.06. The molecule has 0 saturated heterocycles. The molecule has 1 unspecified atom stereocenters. The minimum atomic E-state index is -0.111. The van der Waals surface area contributed by atoms with E-state index in [1.807, 2.05) is 42.5 Å². The summed E-state index contributed by atoms with van der Waals surface area (Å²) in [4.78, 5) is 12.2. The van der Waals surface area contributed by atoms with Crippen LogP contribution in [-0.4, -0.2) is 12.5 Å². The van der Waals surface area contributed by atoms with Gasteiger partial charge in [-0.2, -0.15) is 0 Å². The maximum atomic E-state index is 12.2. The monoisotopic (exact) mass is 410 g/mol. The number of carbonyl (C=O) groups is 1. The molecule has 4 nitrogen and oxygen atoms in total. The van der Waals surface area contributed by atoms with Crippen molar-refractivity contribution < 1.29 is 9.53 Å². The van der Waals surface area contributed by atoms with Crippen LogP contribution in [0.25, 0.3) is 0 Å². The lowest BCUT2D eigenvalue weighted by Crippen LogP contribution is -2.34. The molecule has 1 aliphatic carbocycles. The number of nitrogens with two attached hydrogens (primary N) is 1. The maximum Gasteiger partial charge on any atom is 0.258 e. The molecule has 1 atom stereocenters. The Bertz CT molecular complexity index is 724. The van der Waals surface area contributed by atoms with Gasteiger partial charge in [-0.1, -0.05) is 28.1 Å². The lowest BCUT2D eigenvalue weighted by atomic mass is 9.87. The van der Waals surface area contributed by atoms with Crippen LogP contribution in [0.1, 0.15) is 30.0 Å². The smallest absolute Gasteiger partial charge is 0.258 e. The van der Waals surface area contributed by atoms with Crippen molar-refractivity contribution in [3.8, 4) is 5.75 Å². The predicted octanol–water partition coefficient (Wildman–Crippen LogP) is 4.03. The highest BCUT2D eigenvalue weighted by Crippen LogP contribution is 2.30. The van der Waals surface area contributed by atoms with Gasteiger partial charge in [-0.3, -0.25) is 4.79 Å². The van der Waals surface area contributed by atoms with Gasteiger partial charge in [0.2, 0.25) is 0 Å². The zero-order valence-corrected chi connectivity index (χ0v) is 15.5. The molecule has 3 rings (SSSR count). The highest BCUT2D eigenvalue weighted by Gasteiger charge is 2.22. The Morgan fingerprint density at radius 3 is 2.92 bits per heavy atom. The largest absolute Gasteiger partial charge is 0.484 e. The number of halogens is 2. The molecule has 2 aromatic rings. The fourth-order valence-electron chi connectivity index (χ4n) is 2.93. The van der Waals surface area contributed by atoms with Gasteiger partial charge < -0.3 is 15.8 Å². The van der Waals surface area contributed by atoms with Crippen LogP contribution in [-0.2, 0) is 11.2 Å². The van der Waals surface area contributed by atoms with Gasteiger partial charge in [0.15, 0.2) is 6.61 Å². The Kier molecular flexibility index (Phi) is 6.52. The first-order valence-electron chi connectivity index (χ1n) is 7.68. The summed E-state index contributed by atoms with van der Waals surface area (Å²) >= 11 is 3.38. The van der Waals surface area contributed by atoms with Gasteiger partial charge in [-0.05, 0) is 60.7 Å². The first-order chi connectivity index (χ1) is 11.1. The molecule has 0 spiro atoms. The minimum absolute atomic E-state index is 0. The Hall–Kier alpha value is -1.72. The molecule has 0 fully saturated rings. The fourth-order valence-corrected chi connectivity index (χ4v) is 3.30. The van der Waals surface area contributed by atoms with E-state index in [-0.39, 0.29) is 31.0 Å². The van der Waals surface area contributed by atoms with Crippen LogP contribution in [0.3, 0.4) is 0 Å². The van der Waals surface area contributed by atoms with Gasteiger partial charge in [0.05, 0.1) is 6.04 Å². The SMILES string of the molecule is Cl.Nc1ccc2c(c1)CCCC2NC(=O)COc1cccc(Br)c1. The average molecular weight is 412 g/mol. The molecule has 0 heterocycles. The van der Waals surface area contributed by atoms with Crippen molar-refractivity contribution in [3.63, 3.8) is 0 Å². The highest BCUT2D eigenvalue weighted by molar-refractivity contribution is 9.10. The number of benzene rings is 2. The second-order valence-electron chi connectivity index (χ2n) is 5.72. The first-order valence-corrected chi connectivity index (χ1v) is 8.47. The van der Waals surface area contributed by atoms with Crippen LogP contribution in [0.15, 0.2) is 46.9 Å². The zero-order chi connectivity index (χ0) is 16.2. The van der Waals surface area contributed by atoms with E-state index in [2.05, 4.69) is 21.2 Å². The van der Waals surface area contributed by atoms with E-state index >= 15 is 0 Å². The highest BCUT2D eigenvalue weighted by atomic mass is 79.9. The number of ether oxygens (including phenoxy) is 1. The predicted molar refractivity (Wildman–Crippen MR) is 102 cm³/mol. The molecule has 1 aliphatic rings. The number of hydrogen-bond donors (Lipinski definition) is 2. The van der Waals surface area contributed by atoms with Crippen LogP contribution in [0.5, 0.6) is 5.75 Å². The summed E-state index contributed by atoms with van der Waals surface area (Å²) in [6, 6.07) is 13.4. The van der Waals surface area contributed by atoms with Gasteiger partial charge in [-0.25, -0.2) is 0 Å². The lowest BCUT2D eigenvalue weighted by Gasteiger charge is -2.26.